The van der Waals surface area contributed by atoms with Crippen molar-refractivity contribution in [3.63, 3.8) is 0 Å². The molecular weight excluding hydrogens is 254 g/mol. The first-order valence-electron chi connectivity index (χ1n) is 6.95. The third-order valence-corrected chi connectivity index (χ3v) is 3.14. The van der Waals surface area contributed by atoms with E-state index in [1.807, 2.05) is 25.1 Å². The minimum Gasteiger partial charge on any atom is -0.497 e. The normalized spacial score (nSPS) is 12.2. The van der Waals surface area contributed by atoms with Crippen molar-refractivity contribution in [3.05, 3.63) is 24.3 Å². The summed E-state index contributed by atoms with van der Waals surface area (Å²) in [6, 6.07) is 7.34. The molecular formula is C15H25N3O2. The Labute approximate surface area is 121 Å². The molecule has 5 heteroatoms. The van der Waals surface area contributed by atoms with Gasteiger partial charge in [0.15, 0.2) is 0 Å². The highest BCUT2D eigenvalue weighted by molar-refractivity contribution is 5.92. The summed E-state index contributed by atoms with van der Waals surface area (Å²) in [5.74, 6) is 1.09. The predicted molar refractivity (Wildman–Crippen MR) is 82.0 cm³/mol. The van der Waals surface area contributed by atoms with Crippen LogP contribution in [0.15, 0.2) is 24.3 Å². The first-order chi connectivity index (χ1) is 9.58. The van der Waals surface area contributed by atoms with Gasteiger partial charge >= 0.3 is 0 Å². The van der Waals surface area contributed by atoms with E-state index in [1.165, 1.54) is 0 Å². The van der Waals surface area contributed by atoms with Gasteiger partial charge in [0.2, 0.25) is 5.91 Å². The van der Waals surface area contributed by atoms with Crippen molar-refractivity contribution < 1.29 is 9.53 Å². The van der Waals surface area contributed by atoms with E-state index >= 15 is 0 Å². The van der Waals surface area contributed by atoms with Crippen LogP contribution >= 0.6 is 0 Å². The van der Waals surface area contributed by atoms with E-state index in [9.17, 15) is 4.79 Å². The van der Waals surface area contributed by atoms with Crippen molar-refractivity contribution >= 4 is 11.6 Å². The fraction of sp³-hybridized carbons (Fsp3) is 0.533. The number of benzene rings is 1. The first-order valence-corrected chi connectivity index (χ1v) is 6.95. The molecule has 0 fully saturated rings. The zero-order chi connectivity index (χ0) is 15.0. The lowest BCUT2D eigenvalue weighted by Gasteiger charge is -2.23. The summed E-state index contributed by atoms with van der Waals surface area (Å²) in [7, 11) is 1.61. The minimum atomic E-state index is -0.0238. The number of nitrogens with two attached hydrogens (primary N) is 1. The number of carbonyl (C=O) groups excluding carboxylic acids is 1. The van der Waals surface area contributed by atoms with Crippen molar-refractivity contribution in [1.82, 2.24) is 4.90 Å². The van der Waals surface area contributed by atoms with Crippen molar-refractivity contribution in [2.24, 2.45) is 11.7 Å². The fourth-order valence-corrected chi connectivity index (χ4v) is 1.93. The molecule has 0 spiro atoms. The zero-order valence-corrected chi connectivity index (χ0v) is 12.6. The van der Waals surface area contributed by atoms with Crippen LogP contribution in [0.3, 0.4) is 0 Å². The lowest BCUT2D eigenvalue weighted by molar-refractivity contribution is -0.117. The van der Waals surface area contributed by atoms with Crippen LogP contribution in [0, 0.1) is 5.92 Å². The third kappa shape index (κ3) is 5.59. The molecule has 0 aromatic heterocycles. The van der Waals surface area contributed by atoms with Gasteiger partial charge in [-0.15, -0.1) is 0 Å². The highest BCUT2D eigenvalue weighted by Crippen LogP contribution is 2.16. The van der Waals surface area contributed by atoms with Gasteiger partial charge in [-0.05, 0) is 31.1 Å². The average molecular weight is 279 g/mol. The van der Waals surface area contributed by atoms with Crippen molar-refractivity contribution in [2.45, 2.75) is 13.8 Å². The second-order valence-electron chi connectivity index (χ2n) is 4.95. The third-order valence-electron chi connectivity index (χ3n) is 3.14. The fourth-order valence-electron chi connectivity index (χ4n) is 1.93. The summed E-state index contributed by atoms with van der Waals surface area (Å²) in [4.78, 5) is 14.1. The smallest absolute Gasteiger partial charge is 0.238 e. The van der Waals surface area contributed by atoms with E-state index in [2.05, 4.69) is 17.1 Å². The molecule has 1 aromatic rings. The Morgan fingerprint density at radius 1 is 1.50 bits per heavy atom. The molecule has 1 aromatic carbocycles. The highest BCUT2D eigenvalue weighted by atomic mass is 16.5. The van der Waals surface area contributed by atoms with Gasteiger partial charge in [0, 0.05) is 18.3 Å². The summed E-state index contributed by atoms with van der Waals surface area (Å²) in [6.45, 7) is 6.80. The van der Waals surface area contributed by atoms with Gasteiger partial charge in [-0.3, -0.25) is 9.69 Å². The molecule has 0 aliphatic rings. The molecule has 1 rings (SSSR count). The molecule has 0 aliphatic carbocycles. The standard InChI is InChI=1S/C15H25N3O2/c1-4-18(10-12(2)9-16)11-15(19)17-13-6-5-7-14(8-13)20-3/h5-8,12H,4,9-11,16H2,1-3H3,(H,17,19). The second-order valence-corrected chi connectivity index (χ2v) is 4.95. The quantitative estimate of drug-likeness (QED) is 0.757. The van der Waals surface area contributed by atoms with Crippen molar-refractivity contribution in [3.8, 4) is 5.75 Å². The Morgan fingerprint density at radius 3 is 2.85 bits per heavy atom. The van der Waals surface area contributed by atoms with Gasteiger partial charge in [0.25, 0.3) is 0 Å². The molecule has 5 nitrogen and oxygen atoms in total. The number of ether oxygens (including phenoxy) is 1. The van der Waals surface area contributed by atoms with E-state index in [0.29, 0.717) is 19.0 Å². The summed E-state index contributed by atoms with van der Waals surface area (Å²) in [5, 5.41) is 2.88. The van der Waals surface area contributed by atoms with E-state index in [1.54, 1.807) is 13.2 Å². The number of hydrogen-bond donors (Lipinski definition) is 2. The van der Waals surface area contributed by atoms with Gasteiger partial charge in [0.05, 0.1) is 13.7 Å². The number of nitrogens with one attached hydrogen (secondary N) is 1. The minimum absolute atomic E-state index is 0.0238. The average Bonchev–Trinajstić information content (AvgIpc) is 2.46. The maximum absolute atomic E-state index is 12.0. The molecule has 1 unspecified atom stereocenters. The number of likely N-dealkylation sites (N-methyl/N-ethyl adjacent to an activating group) is 1. The Kier molecular flexibility index (Phi) is 7.04. The van der Waals surface area contributed by atoms with Gasteiger partial charge in [0.1, 0.15) is 5.75 Å². The Balaban J connectivity index is 2.52. The van der Waals surface area contributed by atoms with Gasteiger partial charge < -0.3 is 15.8 Å². The van der Waals surface area contributed by atoms with Gasteiger partial charge in [-0.25, -0.2) is 0 Å². The first kappa shape index (κ1) is 16.5. The molecule has 0 saturated heterocycles. The lowest BCUT2D eigenvalue weighted by atomic mass is 10.1. The summed E-state index contributed by atoms with van der Waals surface area (Å²) < 4.78 is 5.13. The van der Waals surface area contributed by atoms with Crippen LogP contribution in [0.25, 0.3) is 0 Å². The molecule has 3 N–H and O–H groups in total. The number of nitrogens with zero attached hydrogens (tertiary/aromatic N) is 1. The molecule has 1 atom stereocenters. The largest absolute Gasteiger partial charge is 0.497 e. The maximum atomic E-state index is 12.0. The second kappa shape index (κ2) is 8.55. The van der Waals surface area contributed by atoms with Gasteiger partial charge in [-0.2, -0.15) is 0 Å². The highest BCUT2D eigenvalue weighted by Gasteiger charge is 2.12. The molecule has 0 bridgehead atoms. The molecule has 0 aliphatic heterocycles. The van der Waals surface area contributed by atoms with Crippen LogP contribution in [0.1, 0.15) is 13.8 Å². The SMILES string of the molecule is CCN(CC(=O)Nc1cccc(OC)c1)CC(C)CN. The van der Waals surface area contributed by atoms with Gasteiger partial charge in [-0.1, -0.05) is 19.9 Å². The van der Waals surface area contributed by atoms with Crippen LogP contribution in [-0.2, 0) is 4.79 Å². The van der Waals surface area contributed by atoms with E-state index in [4.69, 9.17) is 10.5 Å². The van der Waals surface area contributed by atoms with Crippen molar-refractivity contribution in [1.29, 1.82) is 0 Å². The molecule has 0 radical (unpaired) electrons. The van der Waals surface area contributed by atoms with E-state index in [-0.39, 0.29) is 5.91 Å². The molecule has 112 valence electrons. The number of carbonyl (C=O) groups is 1. The number of anilines is 1. The van der Waals surface area contributed by atoms with Crippen LogP contribution in [0.5, 0.6) is 5.75 Å². The number of methoxy groups -OCH3 is 1. The Hall–Kier alpha value is -1.59. The maximum Gasteiger partial charge on any atom is 0.238 e. The van der Waals surface area contributed by atoms with E-state index in [0.717, 1.165) is 24.5 Å². The van der Waals surface area contributed by atoms with Crippen LogP contribution in [-0.4, -0.2) is 44.1 Å². The zero-order valence-electron chi connectivity index (χ0n) is 12.6. The van der Waals surface area contributed by atoms with Crippen molar-refractivity contribution in [2.75, 3.05) is 38.6 Å². The molecule has 0 saturated carbocycles. The Morgan fingerprint density at radius 2 is 2.25 bits per heavy atom. The number of amides is 1. The molecule has 0 heterocycles. The number of hydrogen-bond acceptors (Lipinski definition) is 4. The number of rotatable bonds is 8. The summed E-state index contributed by atoms with van der Waals surface area (Å²) >= 11 is 0. The lowest BCUT2D eigenvalue weighted by Crippen LogP contribution is -2.37. The van der Waals surface area contributed by atoms with E-state index < -0.39 is 0 Å². The Bertz CT molecular complexity index is 423. The monoisotopic (exact) mass is 279 g/mol. The van der Waals surface area contributed by atoms with Crippen LogP contribution in [0.4, 0.5) is 5.69 Å². The van der Waals surface area contributed by atoms with Crippen LogP contribution < -0.4 is 15.8 Å². The molecule has 20 heavy (non-hydrogen) atoms. The predicted octanol–water partition coefficient (Wildman–Crippen LogP) is 1.55. The summed E-state index contributed by atoms with van der Waals surface area (Å²) in [6.07, 6.45) is 0. The molecule has 1 amide bonds. The van der Waals surface area contributed by atoms with Crippen LogP contribution in [0.2, 0.25) is 0 Å². The topological polar surface area (TPSA) is 67.6 Å². The summed E-state index contributed by atoms with van der Waals surface area (Å²) in [5.41, 5.74) is 6.37.